The number of phenolic OH excluding ortho intramolecular Hbond substituents is 1. The number of ether oxygens (including phenoxy) is 3. The van der Waals surface area contributed by atoms with E-state index in [-0.39, 0.29) is 29.4 Å². The van der Waals surface area contributed by atoms with E-state index in [1.54, 1.807) is 42.5 Å². The number of rotatable bonds is 9. The van der Waals surface area contributed by atoms with E-state index in [9.17, 15) is 19.8 Å². The standard InChI is InChI=1S/C27H30N2O7/c1-3-14-36-20-7-4-18(5-8-20)25(31)23-24(19-6-9-21(30)22(17-19)34-2)29(27(33)26(23)32)11-10-28-12-15-35-16-13-28/h3-9,17,24,30-31H,1,10-16H2,2H3/b25-23+/t24-/m1/s1. The van der Waals surface area contributed by atoms with Gasteiger partial charge in [-0.05, 0) is 42.0 Å². The number of hydrogen-bond acceptors (Lipinski definition) is 8. The van der Waals surface area contributed by atoms with Gasteiger partial charge in [0, 0.05) is 31.7 Å². The number of benzene rings is 2. The third-order valence-electron chi connectivity index (χ3n) is 6.32. The highest BCUT2D eigenvalue weighted by Crippen LogP contribution is 2.41. The van der Waals surface area contributed by atoms with Crippen LogP contribution in [0.15, 0.2) is 60.7 Å². The zero-order chi connectivity index (χ0) is 25.7. The van der Waals surface area contributed by atoms with Gasteiger partial charge >= 0.3 is 0 Å². The van der Waals surface area contributed by atoms with Crippen molar-refractivity contribution in [2.45, 2.75) is 6.04 Å². The molecule has 0 aliphatic carbocycles. The number of aromatic hydroxyl groups is 1. The SMILES string of the molecule is C=CCOc1ccc(/C(O)=C2\C(=O)C(=O)N(CCN3CCOCC3)[C@@H]2c2ccc(O)c(OC)c2)cc1. The molecule has 2 fully saturated rings. The average molecular weight is 495 g/mol. The molecule has 9 heteroatoms. The second kappa shape index (κ2) is 11.3. The third-order valence-corrected chi connectivity index (χ3v) is 6.32. The summed E-state index contributed by atoms with van der Waals surface area (Å²) in [7, 11) is 1.42. The van der Waals surface area contributed by atoms with Crippen molar-refractivity contribution >= 4 is 17.4 Å². The normalized spacial score (nSPS) is 19.9. The number of likely N-dealkylation sites (tertiary alicyclic amines) is 1. The fraction of sp³-hybridized carbons (Fsp3) is 0.333. The van der Waals surface area contributed by atoms with Crippen LogP contribution < -0.4 is 9.47 Å². The highest BCUT2D eigenvalue weighted by Gasteiger charge is 2.46. The van der Waals surface area contributed by atoms with Crippen LogP contribution in [0.2, 0.25) is 0 Å². The van der Waals surface area contributed by atoms with Crippen LogP contribution >= 0.6 is 0 Å². The Kier molecular flexibility index (Phi) is 7.92. The topological polar surface area (TPSA) is 109 Å². The molecule has 0 spiro atoms. The van der Waals surface area contributed by atoms with Crippen molar-refractivity contribution in [3.05, 3.63) is 71.8 Å². The fourth-order valence-electron chi connectivity index (χ4n) is 4.42. The van der Waals surface area contributed by atoms with Crippen LogP contribution in [-0.2, 0) is 14.3 Å². The number of ketones is 1. The van der Waals surface area contributed by atoms with Gasteiger partial charge in [-0.2, -0.15) is 0 Å². The van der Waals surface area contributed by atoms with Gasteiger partial charge < -0.3 is 29.3 Å². The lowest BCUT2D eigenvalue weighted by atomic mass is 9.95. The smallest absolute Gasteiger partial charge is 0.295 e. The summed E-state index contributed by atoms with van der Waals surface area (Å²) in [5.74, 6) is -1.02. The summed E-state index contributed by atoms with van der Waals surface area (Å²) < 4.78 is 16.1. The Balaban J connectivity index is 1.73. The first-order chi connectivity index (χ1) is 17.4. The van der Waals surface area contributed by atoms with Gasteiger partial charge in [0.25, 0.3) is 11.7 Å². The Morgan fingerprint density at radius 2 is 1.86 bits per heavy atom. The monoisotopic (exact) mass is 494 g/mol. The molecule has 9 nitrogen and oxygen atoms in total. The van der Waals surface area contributed by atoms with Gasteiger partial charge in [0.05, 0.1) is 31.9 Å². The van der Waals surface area contributed by atoms with E-state index in [0.29, 0.717) is 43.2 Å². The summed E-state index contributed by atoms with van der Waals surface area (Å²) in [6.45, 7) is 7.49. The second-order valence-electron chi connectivity index (χ2n) is 8.50. The number of amides is 1. The number of hydrogen-bond donors (Lipinski definition) is 2. The van der Waals surface area contributed by atoms with Gasteiger partial charge in [0.15, 0.2) is 11.5 Å². The summed E-state index contributed by atoms with van der Waals surface area (Å²) in [6.07, 6.45) is 1.62. The van der Waals surface area contributed by atoms with Crippen LogP contribution in [-0.4, -0.2) is 84.8 Å². The van der Waals surface area contributed by atoms with Crippen molar-refractivity contribution in [3.8, 4) is 17.2 Å². The quantitative estimate of drug-likeness (QED) is 0.237. The van der Waals surface area contributed by atoms with Crippen molar-refractivity contribution in [1.82, 2.24) is 9.80 Å². The number of carbonyl (C=O) groups is 2. The lowest BCUT2D eigenvalue weighted by Gasteiger charge is -2.31. The van der Waals surface area contributed by atoms with Gasteiger partial charge in [-0.15, -0.1) is 0 Å². The van der Waals surface area contributed by atoms with E-state index in [2.05, 4.69) is 11.5 Å². The molecule has 0 bridgehead atoms. The van der Waals surface area contributed by atoms with Gasteiger partial charge in [-0.3, -0.25) is 14.5 Å². The Morgan fingerprint density at radius 3 is 2.53 bits per heavy atom. The third kappa shape index (κ3) is 5.22. The first kappa shape index (κ1) is 25.3. The van der Waals surface area contributed by atoms with E-state index in [1.807, 2.05) is 0 Å². The molecule has 1 amide bonds. The molecule has 36 heavy (non-hydrogen) atoms. The second-order valence-corrected chi connectivity index (χ2v) is 8.50. The summed E-state index contributed by atoms with van der Waals surface area (Å²) >= 11 is 0. The van der Waals surface area contributed by atoms with Crippen LogP contribution in [0.25, 0.3) is 5.76 Å². The molecule has 2 aromatic rings. The van der Waals surface area contributed by atoms with E-state index in [4.69, 9.17) is 14.2 Å². The van der Waals surface area contributed by atoms with E-state index >= 15 is 0 Å². The minimum Gasteiger partial charge on any atom is -0.507 e. The number of phenols is 1. The maximum absolute atomic E-state index is 13.2. The number of morpholine rings is 1. The molecular formula is C27H30N2O7. The van der Waals surface area contributed by atoms with E-state index in [1.165, 1.54) is 18.1 Å². The van der Waals surface area contributed by atoms with Crippen molar-refractivity contribution in [1.29, 1.82) is 0 Å². The lowest BCUT2D eigenvalue weighted by molar-refractivity contribution is -0.140. The van der Waals surface area contributed by atoms with E-state index < -0.39 is 17.7 Å². The number of aliphatic hydroxyl groups excluding tert-OH is 1. The number of Topliss-reactive ketones (excluding diaryl/α,β-unsaturated/α-hetero) is 1. The maximum Gasteiger partial charge on any atom is 0.295 e. The maximum atomic E-state index is 13.2. The molecule has 2 heterocycles. The van der Waals surface area contributed by atoms with Gasteiger partial charge in [0.1, 0.15) is 18.1 Å². The first-order valence-electron chi connectivity index (χ1n) is 11.7. The Hall–Kier alpha value is -3.82. The largest absolute Gasteiger partial charge is 0.507 e. The number of aliphatic hydroxyl groups is 1. The predicted molar refractivity (Wildman–Crippen MR) is 133 cm³/mol. The lowest BCUT2D eigenvalue weighted by Crippen LogP contribution is -2.42. The zero-order valence-electron chi connectivity index (χ0n) is 20.2. The van der Waals surface area contributed by atoms with Crippen LogP contribution in [0.4, 0.5) is 0 Å². The average Bonchev–Trinajstić information content (AvgIpc) is 3.16. The van der Waals surface area contributed by atoms with Crippen molar-refractivity contribution < 1.29 is 34.0 Å². The summed E-state index contributed by atoms with van der Waals surface area (Å²) in [5, 5.41) is 21.3. The zero-order valence-corrected chi connectivity index (χ0v) is 20.2. The minimum atomic E-state index is -0.850. The molecule has 0 saturated carbocycles. The number of nitrogens with zero attached hydrogens (tertiary/aromatic N) is 2. The highest BCUT2D eigenvalue weighted by molar-refractivity contribution is 6.46. The van der Waals surface area contributed by atoms with E-state index in [0.717, 1.165) is 13.1 Å². The Labute approximate surface area is 209 Å². The highest BCUT2D eigenvalue weighted by atomic mass is 16.5. The molecule has 2 saturated heterocycles. The molecule has 0 unspecified atom stereocenters. The number of methoxy groups -OCH3 is 1. The Morgan fingerprint density at radius 1 is 1.14 bits per heavy atom. The Bertz CT molecular complexity index is 1150. The molecule has 0 aromatic heterocycles. The summed E-state index contributed by atoms with van der Waals surface area (Å²) in [4.78, 5) is 30.1. The van der Waals surface area contributed by atoms with Crippen molar-refractivity contribution in [2.24, 2.45) is 0 Å². The molecular weight excluding hydrogens is 464 g/mol. The molecule has 190 valence electrons. The molecule has 2 N–H and O–H groups in total. The van der Waals surface area contributed by atoms with Crippen LogP contribution in [0, 0.1) is 0 Å². The van der Waals surface area contributed by atoms with Crippen LogP contribution in [0.3, 0.4) is 0 Å². The van der Waals surface area contributed by atoms with Crippen LogP contribution in [0.5, 0.6) is 17.2 Å². The molecule has 2 aliphatic heterocycles. The van der Waals surface area contributed by atoms with Gasteiger partial charge in [0.2, 0.25) is 0 Å². The summed E-state index contributed by atoms with van der Waals surface area (Å²) in [6, 6.07) is 10.4. The van der Waals surface area contributed by atoms with Gasteiger partial charge in [-0.25, -0.2) is 0 Å². The number of carbonyl (C=O) groups excluding carboxylic acids is 2. The predicted octanol–water partition coefficient (Wildman–Crippen LogP) is 2.72. The van der Waals surface area contributed by atoms with Gasteiger partial charge in [-0.1, -0.05) is 18.7 Å². The molecule has 2 aromatic carbocycles. The molecule has 0 radical (unpaired) electrons. The van der Waals surface area contributed by atoms with Crippen molar-refractivity contribution in [2.75, 3.05) is 53.1 Å². The first-order valence-corrected chi connectivity index (χ1v) is 11.7. The molecule has 1 atom stereocenters. The van der Waals surface area contributed by atoms with Crippen LogP contribution in [0.1, 0.15) is 17.2 Å². The molecule has 2 aliphatic rings. The molecule has 4 rings (SSSR count). The summed E-state index contributed by atoms with van der Waals surface area (Å²) in [5.41, 5.74) is 0.899. The van der Waals surface area contributed by atoms with Crippen molar-refractivity contribution in [3.63, 3.8) is 0 Å². The fourth-order valence-corrected chi connectivity index (χ4v) is 4.42. The minimum absolute atomic E-state index is 0.0190.